The van der Waals surface area contributed by atoms with Gasteiger partial charge in [-0.25, -0.2) is 0 Å². The highest BCUT2D eigenvalue weighted by Gasteiger charge is 2.09. The molecule has 0 atom stereocenters. The highest BCUT2D eigenvalue weighted by molar-refractivity contribution is 9.11. The quantitative estimate of drug-likeness (QED) is 0.762. The first-order valence-corrected chi connectivity index (χ1v) is 7.08. The van der Waals surface area contributed by atoms with E-state index in [1.54, 1.807) is 6.07 Å². The van der Waals surface area contributed by atoms with Crippen LogP contribution >= 0.6 is 31.9 Å². The summed E-state index contributed by atoms with van der Waals surface area (Å²) in [5.74, 6) is -0.0813. The maximum absolute atomic E-state index is 11.8. The van der Waals surface area contributed by atoms with Crippen LogP contribution in [-0.4, -0.2) is 24.2 Å². The summed E-state index contributed by atoms with van der Waals surface area (Å²) in [7, 11) is 0. The van der Waals surface area contributed by atoms with Gasteiger partial charge in [0.15, 0.2) is 0 Å². The van der Waals surface area contributed by atoms with Crippen LogP contribution in [0.15, 0.2) is 27.1 Å². The lowest BCUT2D eigenvalue weighted by Crippen LogP contribution is -2.24. The van der Waals surface area contributed by atoms with Crippen LogP contribution in [0.2, 0.25) is 0 Å². The van der Waals surface area contributed by atoms with Crippen LogP contribution in [0.25, 0.3) is 0 Å². The van der Waals surface area contributed by atoms with Gasteiger partial charge >= 0.3 is 0 Å². The van der Waals surface area contributed by atoms with Gasteiger partial charge in [0, 0.05) is 22.1 Å². The Morgan fingerprint density at radius 1 is 1.24 bits per heavy atom. The van der Waals surface area contributed by atoms with Crippen LogP contribution in [0.5, 0.6) is 0 Å². The second-order valence-electron chi connectivity index (χ2n) is 3.66. The van der Waals surface area contributed by atoms with Crippen molar-refractivity contribution < 1.29 is 9.90 Å². The molecule has 5 heteroatoms. The molecule has 2 N–H and O–H groups in total. The number of amides is 1. The molecule has 0 spiro atoms. The molecule has 1 aromatic carbocycles. The predicted molar refractivity (Wildman–Crippen MR) is 75.1 cm³/mol. The molecule has 0 aliphatic carbocycles. The van der Waals surface area contributed by atoms with Crippen molar-refractivity contribution in [2.45, 2.75) is 19.3 Å². The SMILES string of the molecule is O=C(NCCCCCO)c1cc(Br)ccc1Br. The first-order chi connectivity index (χ1) is 8.15. The first kappa shape index (κ1) is 14.7. The topological polar surface area (TPSA) is 49.3 Å². The van der Waals surface area contributed by atoms with Crippen LogP contribution in [0, 0.1) is 0 Å². The summed E-state index contributed by atoms with van der Waals surface area (Å²) >= 11 is 6.69. The third-order valence-electron chi connectivity index (χ3n) is 2.29. The number of hydrogen-bond donors (Lipinski definition) is 2. The Balaban J connectivity index is 2.44. The molecule has 1 amide bonds. The molecule has 0 saturated heterocycles. The summed E-state index contributed by atoms with van der Waals surface area (Å²) in [6.07, 6.45) is 2.60. The lowest BCUT2D eigenvalue weighted by Gasteiger charge is -2.07. The normalized spacial score (nSPS) is 10.3. The standard InChI is InChI=1S/C12H15Br2NO2/c13-9-4-5-11(14)10(8-9)12(17)15-6-2-1-3-7-16/h4-5,8,16H,1-3,6-7H2,(H,15,17). The smallest absolute Gasteiger partial charge is 0.252 e. The lowest BCUT2D eigenvalue weighted by atomic mass is 10.2. The summed E-state index contributed by atoms with van der Waals surface area (Å²) in [6, 6.07) is 5.50. The van der Waals surface area contributed by atoms with Crippen LogP contribution in [0.3, 0.4) is 0 Å². The van der Waals surface area contributed by atoms with E-state index in [4.69, 9.17) is 5.11 Å². The number of hydrogen-bond acceptors (Lipinski definition) is 2. The number of carbonyl (C=O) groups excluding carboxylic acids is 1. The predicted octanol–water partition coefficient (Wildman–Crippen LogP) is 3.10. The van der Waals surface area contributed by atoms with Crippen molar-refractivity contribution >= 4 is 37.8 Å². The highest BCUT2D eigenvalue weighted by Crippen LogP contribution is 2.21. The Labute approximate surface area is 118 Å². The summed E-state index contributed by atoms with van der Waals surface area (Å²) in [5.41, 5.74) is 0.626. The van der Waals surface area contributed by atoms with Crippen LogP contribution in [-0.2, 0) is 0 Å². The van der Waals surface area contributed by atoms with Crippen molar-refractivity contribution in [3.63, 3.8) is 0 Å². The van der Waals surface area contributed by atoms with Gasteiger partial charge in [-0.1, -0.05) is 15.9 Å². The number of unbranched alkanes of at least 4 members (excludes halogenated alkanes) is 2. The van der Waals surface area contributed by atoms with Gasteiger partial charge in [0.1, 0.15) is 0 Å². The fraction of sp³-hybridized carbons (Fsp3) is 0.417. The number of aliphatic hydroxyl groups is 1. The van der Waals surface area contributed by atoms with Gasteiger partial charge in [-0.05, 0) is 53.4 Å². The van der Waals surface area contributed by atoms with Crippen LogP contribution in [0.1, 0.15) is 29.6 Å². The van der Waals surface area contributed by atoms with Gasteiger partial charge in [0.05, 0.1) is 5.56 Å². The van der Waals surface area contributed by atoms with Crippen molar-refractivity contribution in [3.8, 4) is 0 Å². The Bertz CT molecular complexity index is 383. The van der Waals surface area contributed by atoms with Gasteiger partial charge in [-0.2, -0.15) is 0 Å². The van der Waals surface area contributed by atoms with E-state index in [1.165, 1.54) is 0 Å². The van der Waals surface area contributed by atoms with E-state index < -0.39 is 0 Å². The maximum atomic E-state index is 11.8. The summed E-state index contributed by atoms with van der Waals surface area (Å²) in [4.78, 5) is 11.8. The number of aliphatic hydroxyl groups excluding tert-OH is 1. The molecular weight excluding hydrogens is 350 g/mol. The zero-order chi connectivity index (χ0) is 12.7. The van der Waals surface area contributed by atoms with Crippen LogP contribution in [0.4, 0.5) is 0 Å². The number of benzene rings is 1. The molecule has 0 aliphatic heterocycles. The maximum Gasteiger partial charge on any atom is 0.252 e. The third-order valence-corrected chi connectivity index (χ3v) is 3.48. The largest absolute Gasteiger partial charge is 0.396 e. The zero-order valence-electron chi connectivity index (χ0n) is 9.38. The fourth-order valence-corrected chi connectivity index (χ4v) is 2.17. The van der Waals surface area contributed by atoms with Gasteiger partial charge < -0.3 is 10.4 Å². The average Bonchev–Trinajstić information content (AvgIpc) is 2.32. The van der Waals surface area contributed by atoms with Gasteiger partial charge in [0.2, 0.25) is 0 Å². The molecular formula is C12H15Br2NO2. The molecule has 1 aromatic rings. The first-order valence-electron chi connectivity index (χ1n) is 5.49. The molecule has 3 nitrogen and oxygen atoms in total. The molecule has 1 rings (SSSR count). The third kappa shape index (κ3) is 5.19. The van der Waals surface area contributed by atoms with E-state index in [0.29, 0.717) is 12.1 Å². The number of rotatable bonds is 6. The fourth-order valence-electron chi connectivity index (χ4n) is 1.38. The van der Waals surface area contributed by atoms with Crippen molar-refractivity contribution in [3.05, 3.63) is 32.7 Å². The summed E-state index contributed by atoms with van der Waals surface area (Å²) < 4.78 is 1.67. The monoisotopic (exact) mass is 363 g/mol. The summed E-state index contributed by atoms with van der Waals surface area (Å²) in [5, 5.41) is 11.5. The molecule has 94 valence electrons. The van der Waals surface area contributed by atoms with Crippen LogP contribution < -0.4 is 5.32 Å². The van der Waals surface area contributed by atoms with Gasteiger partial charge in [0.25, 0.3) is 5.91 Å². The number of carbonyl (C=O) groups is 1. The van der Waals surface area contributed by atoms with E-state index in [-0.39, 0.29) is 12.5 Å². The van der Waals surface area contributed by atoms with E-state index in [2.05, 4.69) is 37.2 Å². The number of nitrogens with one attached hydrogen (secondary N) is 1. The molecule has 0 heterocycles. The number of halogens is 2. The summed E-state index contributed by atoms with van der Waals surface area (Å²) in [6.45, 7) is 0.850. The van der Waals surface area contributed by atoms with Gasteiger partial charge in [-0.3, -0.25) is 4.79 Å². The van der Waals surface area contributed by atoms with Crippen molar-refractivity contribution in [2.75, 3.05) is 13.2 Å². The Morgan fingerprint density at radius 2 is 2.00 bits per heavy atom. The zero-order valence-corrected chi connectivity index (χ0v) is 12.6. The molecule has 0 saturated carbocycles. The van der Waals surface area contributed by atoms with Crippen molar-refractivity contribution in [2.24, 2.45) is 0 Å². The minimum Gasteiger partial charge on any atom is -0.396 e. The molecule has 17 heavy (non-hydrogen) atoms. The molecule has 0 fully saturated rings. The minimum atomic E-state index is -0.0813. The Morgan fingerprint density at radius 3 is 2.71 bits per heavy atom. The van der Waals surface area contributed by atoms with E-state index in [9.17, 15) is 4.79 Å². The van der Waals surface area contributed by atoms with E-state index in [1.807, 2.05) is 12.1 Å². The van der Waals surface area contributed by atoms with Gasteiger partial charge in [-0.15, -0.1) is 0 Å². The van der Waals surface area contributed by atoms with E-state index >= 15 is 0 Å². The van der Waals surface area contributed by atoms with Crippen molar-refractivity contribution in [1.29, 1.82) is 0 Å². The minimum absolute atomic E-state index is 0.0813. The average molecular weight is 365 g/mol. The molecule has 0 bridgehead atoms. The molecule has 0 aliphatic rings. The second-order valence-corrected chi connectivity index (χ2v) is 5.43. The Hall–Kier alpha value is -0.390. The second kappa shape index (κ2) is 7.84. The highest BCUT2D eigenvalue weighted by atomic mass is 79.9. The Kier molecular flexibility index (Phi) is 6.77. The molecule has 0 radical (unpaired) electrons. The lowest BCUT2D eigenvalue weighted by molar-refractivity contribution is 0.0952. The van der Waals surface area contributed by atoms with Crippen molar-refractivity contribution in [1.82, 2.24) is 5.32 Å². The molecule has 0 unspecified atom stereocenters. The molecule has 0 aromatic heterocycles. The van der Waals surface area contributed by atoms with E-state index in [0.717, 1.165) is 28.2 Å².